The van der Waals surface area contributed by atoms with Crippen LogP contribution in [0.15, 0.2) is 35.7 Å². The lowest BCUT2D eigenvalue weighted by Crippen LogP contribution is -2.34. The molecule has 2 rings (SSSR count). The van der Waals surface area contributed by atoms with Crippen molar-refractivity contribution < 1.29 is 4.79 Å². The molecule has 0 atom stereocenters. The van der Waals surface area contributed by atoms with Gasteiger partial charge in [0.15, 0.2) is 0 Å². The topological polar surface area (TPSA) is 20.3 Å². The van der Waals surface area contributed by atoms with E-state index in [4.69, 9.17) is 0 Å². The van der Waals surface area contributed by atoms with Crippen LogP contribution in [-0.4, -0.2) is 12.5 Å². The van der Waals surface area contributed by atoms with E-state index in [0.29, 0.717) is 0 Å². The van der Waals surface area contributed by atoms with E-state index in [2.05, 4.69) is 25.3 Å². The molecule has 1 aliphatic rings. The van der Waals surface area contributed by atoms with Gasteiger partial charge in [0.2, 0.25) is 5.91 Å². The highest BCUT2D eigenvalue weighted by molar-refractivity contribution is 7.80. The lowest BCUT2D eigenvalue weighted by Gasteiger charge is -2.29. The van der Waals surface area contributed by atoms with Crippen LogP contribution in [-0.2, 0) is 11.2 Å². The highest BCUT2D eigenvalue weighted by atomic mass is 32.1. The average Bonchev–Trinajstić information content (AvgIpc) is 2.28. The number of aryl methyl sites for hydroxylation is 1. The van der Waals surface area contributed by atoms with Crippen LogP contribution in [0.4, 0.5) is 5.69 Å². The first-order valence-electron chi connectivity index (χ1n) is 4.99. The van der Waals surface area contributed by atoms with Crippen molar-refractivity contribution in [3.05, 3.63) is 36.4 Å². The van der Waals surface area contributed by atoms with Crippen LogP contribution in [0.25, 0.3) is 0 Å². The fourth-order valence-electron chi connectivity index (χ4n) is 1.96. The second-order valence-electron chi connectivity index (χ2n) is 3.58. The third-order valence-electron chi connectivity index (χ3n) is 2.64. The number of hydrogen-bond donors (Lipinski definition) is 1. The van der Waals surface area contributed by atoms with Crippen molar-refractivity contribution in [2.75, 3.05) is 11.4 Å². The Morgan fingerprint density at radius 1 is 1.53 bits per heavy atom. The maximum Gasteiger partial charge on any atom is 0.250 e. The second kappa shape index (κ2) is 4.11. The molecule has 78 valence electrons. The maximum absolute atomic E-state index is 11.7. The molecule has 0 saturated heterocycles. The molecule has 0 aromatic heterocycles. The molecule has 3 heteroatoms. The molecule has 0 saturated carbocycles. The fraction of sp³-hybridized carbons (Fsp3) is 0.250. The minimum atomic E-state index is -0.0440. The zero-order chi connectivity index (χ0) is 10.8. The first kappa shape index (κ1) is 10.3. The zero-order valence-electron chi connectivity index (χ0n) is 8.44. The Morgan fingerprint density at radius 2 is 2.33 bits per heavy atom. The molecule has 0 bridgehead atoms. The summed E-state index contributed by atoms with van der Waals surface area (Å²) >= 11 is 4.40. The minimum absolute atomic E-state index is 0.0440. The average molecular weight is 219 g/mol. The molecule has 0 unspecified atom stereocenters. The number of amides is 1. The van der Waals surface area contributed by atoms with Crippen LogP contribution in [0.3, 0.4) is 0 Å². The molecule has 1 aromatic rings. The summed E-state index contributed by atoms with van der Waals surface area (Å²) in [6.45, 7) is 4.28. The second-order valence-corrected chi connectivity index (χ2v) is 4.06. The van der Waals surface area contributed by atoms with Gasteiger partial charge in [-0.1, -0.05) is 18.7 Å². The summed E-state index contributed by atoms with van der Waals surface area (Å²) in [4.78, 5) is 14.3. The summed E-state index contributed by atoms with van der Waals surface area (Å²) in [6.07, 6.45) is 3.38. The van der Waals surface area contributed by atoms with E-state index in [0.717, 1.165) is 30.0 Å². The number of rotatable bonds is 1. The van der Waals surface area contributed by atoms with Gasteiger partial charge in [0, 0.05) is 11.4 Å². The quantitative estimate of drug-likeness (QED) is 0.568. The number of hydrogen-bond acceptors (Lipinski definition) is 2. The molecule has 0 aliphatic carbocycles. The van der Waals surface area contributed by atoms with Crippen molar-refractivity contribution in [3.8, 4) is 0 Å². The molecule has 1 aliphatic heterocycles. The van der Waals surface area contributed by atoms with Crippen LogP contribution in [0, 0.1) is 0 Å². The maximum atomic E-state index is 11.7. The molecule has 1 amide bonds. The predicted octanol–water partition coefficient (Wildman–Crippen LogP) is 2.44. The van der Waals surface area contributed by atoms with Gasteiger partial charge in [0.25, 0.3) is 0 Å². The van der Waals surface area contributed by atoms with Crippen LogP contribution in [0.1, 0.15) is 12.0 Å². The Hall–Kier alpha value is -1.22. The van der Waals surface area contributed by atoms with Crippen LogP contribution in [0.5, 0.6) is 0 Å². The van der Waals surface area contributed by atoms with Crippen molar-refractivity contribution in [1.29, 1.82) is 0 Å². The zero-order valence-corrected chi connectivity index (χ0v) is 9.33. The first-order chi connectivity index (χ1) is 7.24. The van der Waals surface area contributed by atoms with Gasteiger partial charge in [-0.2, -0.15) is 0 Å². The van der Waals surface area contributed by atoms with E-state index >= 15 is 0 Å². The van der Waals surface area contributed by atoms with Gasteiger partial charge in [-0.25, -0.2) is 0 Å². The van der Waals surface area contributed by atoms with E-state index in [9.17, 15) is 4.79 Å². The number of benzene rings is 1. The number of nitrogens with zero attached hydrogens (tertiary/aromatic N) is 1. The highest BCUT2D eigenvalue weighted by Crippen LogP contribution is 2.33. The van der Waals surface area contributed by atoms with Gasteiger partial charge < -0.3 is 4.90 Å². The van der Waals surface area contributed by atoms with Gasteiger partial charge in [0.05, 0.1) is 5.69 Å². The Balaban J connectivity index is 2.49. The van der Waals surface area contributed by atoms with Crippen molar-refractivity contribution in [1.82, 2.24) is 0 Å². The van der Waals surface area contributed by atoms with Crippen molar-refractivity contribution in [2.45, 2.75) is 17.7 Å². The lowest BCUT2D eigenvalue weighted by atomic mass is 10.0. The van der Waals surface area contributed by atoms with Crippen LogP contribution >= 0.6 is 12.6 Å². The number of carbonyl (C=O) groups excluding carboxylic acids is 1. The van der Waals surface area contributed by atoms with Crippen molar-refractivity contribution in [2.24, 2.45) is 0 Å². The van der Waals surface area contributed by atoms with Gasteiger partial charge in [-0.15, -0.1) is 12.6 Å². The molecule has 2 nitrogen and oxygen atoms in total. The molecular weight excluding hydrogens is 206 g/mol. The minimum Gasteiger partial charge on any atom is -0.307 e. The Labute approximate surface area is 95.0 Å². The summed E-state index contributed by atoms with van der Waals surface area (Å²) in [7, 11) is 0. The summed E-state index contributed by atoms with van der Waals surface area (Å²) in [5.41, 5.74) is 2.15. The summed E-state index contributed by atoms with van der Waals surface area (Å²) < 4.78 is 0. The van der Waals surface area contributed by atoms with E-state index in [-0.39, 0.29) is 5.91 Å². The van der Waals surface area contributed by atoms with Gasteiger partial charge in [-0.3, -0.25) is 4.79 Å². The van der Waals surface area contributed by atoms with E-state index in [1.54, 1.807) is 4.90 Å². The van der Waals surface area contributed by atoms with Crippen LogP contribution < -0.4 is 4.90 Å². The SMILES string of the molecule is C=CC(=O)N1CCCc2cccc(S)c21. The Kier molecular flexibility index (Phi) is 2.82. The van der Waals surface area contributed by atoms with Crippen molar-refractivity contribution >= 4 is 24.2 Å². The fourth-order valence-corrected chi connectivity index (χ4v) is 2.31. The normalized spacial score (nSPS) is 14.6. The largest absolute Gasteiger partial charge is 0.307 e. The molecular formula is C12H13NOS. The molecule has 0 radical (unpaired) electrons. The van der Waals surface area contributed by atoms with E-state index < -0.39 is 0 Å². The van der Waals surface area contributed by atoms with Gasteiger partial charge in [0.1, 0.15) is 0 Å². The monoisotopic (exact) mass is 219 g/mol. The third-order valence-corrected chi connectivity index (χ3v) is 3.00. The van der Waals surface area contributed by atoms with Crippen LogP contribution in [0.2, 0.25) is 0 Å². The smallest absolute Gasteiger partial charge is 0.250 e. The molecule has 1 aromatic carbocycles. The Bertz CT molecular complexity index is 414. The van der Waals surface area contributed by atoms with E-state index in [1.807, 2.05) is 12.1 Å². The van der Waals surface area contributed by atoms with Crippen molar-refractivity contribution in [3.63, 3.8) is 0 Å². The molecule has 15 heavy (non-hydrogen) atoms. The lowest BCUT2D eigenvalue weighted by molar-refractivity contribution is -0.114. The number of para-hydroxylation sites is 1. The number of anilines is 1. The summed E-state index contributed by atoms with van der Waals surface area (Å²) in [6, 6.07) is 5.94. The number of fused-ring (bicyclic) bond motifs is 1. The van der Waals surface area contributed by atoms with E-state index in [1.165, 1.54) is 11.6 Å². The van der Waals surface area contributed by atoms with Gasteiger partial charge >= 0.3 is 0 Å². The van der Waals surface area contributed by atoms with Gasteiger partial charge in [-0.05, 0) is 30.5 Å². The predicted molar refractivity (Wildman–Crippen MR) is 64.6 cm³/mol. The Morgan fingerprint density at radius 3 is 3.07 bits per heavy atom. The highest BCUT2D eigenvalue weighted by Gasteiger charge is 2.22. The summed E-state index contributed by atoms with van der Waals surface area (Å²) in [5.74, 6) is -0.0440. The molecule has 0 spiro atoms. The molecule has 1 heterocycles. The standard InChI is InChI=1S/C12H13NOS/c1-2-11(14)13-8-4-6-9-5-3-7-10(15)12(9)13/h2-3,5,7,15H,1,4,6,8H2. The first-order valence-corrected chi connectivity index (χ1v) is 5.43. The summed E-state index contributed by atoms with van der Waals surface area (Å²) in [5, 5.41) is 0. The number of thiol groups is 1. The third kappa shape index (κ3) is 1.79. The number of carbonyl (C=O) groups is 1. The molecule has 0 N–H and O–H groups in total. The molecule has 0 fully saturated rings.